The Kier molecular flexibility index (Phi) is 6.19. The third-order valence-electron chi connectivity index (χ3n) is 4.78. The van der Waals surface area contributed by atoms with E-state index in [2.05, 4.69) is 24.4 Å². The molecular formula is C19H29NO3. The van der Waals surface area contributed by atoms with E-state index < -0.39 is 5.60 Å². The van der Waals surface area contributed by atoms with Crippen molar-refractivity contribution in [2.24, 2.45) is 5.92 Å². The minimum absolute atomic E-state index is 0.0151. The van der Waals surface area contributed by atoms with Crippen molar-refractivity contribution in [3.05, 3.63) is 35.5 Å². The highest BCUT2D eigenvalue weighted by molar-refractivity contribution is 5.94. The van der Waals surface area contributed by atoms with E-state index in [0.717, 1.165) is 24.8 Å². The average molecular weight is 319 g/mol. The lowest BCUT2D eigenvalue weighted by atomic mass is 9.90. The molecule has 1 fully saturated rings. The molecule has 2 heterocycles. The first kappa shape index (κ1) is 18.0. The van der Waals surface area contributed by atoms with Crippen molar-refractivity contribution in [2.45, 2.75) is 58.1 Å². The molecule has 2 aliphatic rings. The van der Waals surface area contributed by atoms with E-state index in [4.69, 9.17) is 4.74 Å². The summed E-state index contributed by atoms with van der Waals surface area (Å²) in [5, 5.41) is 13.1. The molecule has 23 heavy (non-hydrogen) atoms. The van der Waals surface area contributed by atoms with E-state index in [-0.39, 0.29) is 11.9 Å². The molecule has 0 bridgehead atoms. The smallest absolute Gasteiger partial charge is 0.247 e. The molecule has 2 rings (SSSR count). The van der Waals surface area contributed by atoms with Gasteiger partial charge in [-0.1, -0.05) is 36.8 Å². The van der Waals surface area contributed by atoms with Gasteiger partial charge in [0.05, 0.1) is 19.3 Å². The van der Waals surface area contributed by atoms with Crippen LogP contribution in [0.25, 0.3) is 0 Å². The van der Waals surface area contributed by atoms with Crippen LogP contribution in [-0.4, -0.2) is 35.9 Å². The van der Waals surface area contributed by atoms with Crippen LogP contribution < -0.4 is 5.32 Å². The maximum absolute atomic E-state index is 12.4. The molecule has 1 amide bonds. The predicted octanol–water partition coefficient (Wildman–Crippen LogP) is 2.89. The number of allylic oxidation sites excluding steroid dienone is 3. The molecule has 1 saturated heterocycles. The minimum Gasteiger partial charge on any atom is -0.385 e. The van der Waals surface area contributed by atoms with Crippen molar-refractivity contribution in [1.82, 2.24) is 5.32 Å². The van der Waals surface area contributed by atoms with Crippen LogP contribution >= 0.6 is 0 Å². The number of aliphatic hydroxyl groups is 1. The van der Waals surface area contributed by atoms with Gasteiger partial charge in [0.1, 0.15) is 5.60 Å². The molecular weight excluding hydrogens is 290 g/mol. The second-order valence-corrected chi connectivity index (χ2v) is 6.87. The van der Waals surface area contributed by atoms with Gasteiger partial charge in [-0.05, 0) is 45.4 Å². The van der Waals surface area contributed by atoms with Gasteiger partial charge in [-0.25, -0.2) is 0 Å². The molecule has 4 nitrogen and oxygen atoms in total. The molecule has 2 atom stereocenters. The summed E-state index contributed by atoms with van der Waals surface area (Å²) in [6.07, 6.45) is 11.6. The second-order valence-electron chi connectivity index (χ2n) is 6.87. The van der Waals surface area contributed by atoms with Gasteiger partial charge in [0.2, 0.25) is 5.91 Å². The fourth-order valence-corrected chi connectivity index (χ4v) is 3.07. The highest BCUT2D eigenvalue weighted by Gasteiger charge is 2.34. The van der Waals surface area contributed by atoms with Gasteiger partial charge in [-0.2, -0.15) is 0 Å². The van der Waals surface area contributed by atoms with Crippen LogP contribution in [0.5, 0.6) is 0 Å². The molecule has 4 heteroatoms. The van der Waals surface area contributed by atoms with Crippen LogP contribution in [0.3, 0.4) is 0 Å². The van der Waals surface area contributed by atoms with Crippen LogP contribution in [0.15, 0.2) is 35.5 Å². The summed E-state index contributed by atoms with van der Waals surface area (Å²) in [5.41, 5.74) is 1.42. The number of hydrogen-bond acceptors (Lipinski definition) is 3. The minimum atomic E-state index is -0.708. The Morgan fingerprint density at radius 3 is 2.74 bits per heavy atom. The van der Waals surface area contributed by atoms with Crippen molar-refractivity contribution in [3.63, 3.8) is 0 Å². The fourth-order valence-electron chi connectivity index (χ4n) is 3.07. The number of amides is 1. The van der Waals surface area contributed by atoms with Crippen molar-refractivity contribution < 1.29 is 14.6 Å². The van der Waals surface area contributed by atoms with E-state index in [9.17, 15) is 9.90 Å². The second kappa shape index (κ2) is 7.93. The fraction of sp³-hybridized carbons (Fsp3) is 0.632. The quantitative estimate of drug-likeness (QED) is 0.740. The normalized spacial score (nSPS) is 28.1. The largest absolute Gasteiger partial charge is 0.385 e. The molecule has 128 valence electrons. The Balaban J connectivity index is 1.97. The van der Waals surface area contributed by atoms with Crippen LogP contribution in [0, 0.1) is 5.92 Å². The lowest BCUT2D eigenvalue weighted by molar-refractivity contribution is -0.175. The summed E-state index contributed by atoms with van der Waals surface area (Å²) in [6, 6.07) is 0.0151. The third-order valence-corrected chi connectivity index (χ3v) is 4.78. The van der Waals surface area contributed by atoms with E-state index in [1.165, 1.54) is 5.57 Å². The van der Waals surface area contributed by atoms with Crippen LogP contribution in [0.1, 0.15) is 46.5 Å². The lowest BCUT2D eigenvalue weighted by Gasteiger charge is -2.35. The van der Waals surface area contributed by atoms with Crippen molar-refractivity contribution >= 4 is 5.91 Å². The molecule has 2 aliphatic heterocycles. The van der Waals surface area contributed by atoms with Crippen LogP contribution in [0.4, 0.5) is 0 Å². The first-order valence-corrected chi connectivity index (χ1v) is 8.52. The molecule has 0 spiro atoms. The van der Waals surface area contributed by atoms with Crippen LogP contribution in [0.2, 0.25) is 0 Å². The molecule has 2 unspecified atom stereocenters. The third kappa shape index (κ3) is 4.79. The van der Waals surface area contributed by atoms with Gasteiger partial charge < -0.3 is 15.2 Å². The summed E-state index contributed by atoms with van der Waals surface area (Å²) in [4.78, 5) is 12.4. The summed E-state index contributed by atoms with van der Waals surface area (Å²) in [5.74, 6) is 0.380. The summed E-state index contributed by atoms with van der Waals surface area (Å²) in [7, 11) is 0. The number of ether oxygens (including phenoxy) is 1. The number of carbonyl (C=O) groups excluding carboxylic acids is 1. The highest BCUT2D eigenvalue weighted by atomic mass is 16.5. The Bertz CT molecular complexity index is 515. The maximum Gasteiger partial charge on any atom is 0.247 e. The van der Waals surface area contributed by atoms with Gasteiger partial charge in [-0.3, -0.25) is 4.79 Å². The van der Waals surface area contributed by atoms with E-state index in [0.29, 0.717) is 25.6 Å². The first-order chi connectivity index (χ1) is 10.9. The highest BCUT2D eigenvalue weighted by Crippen LogP contribution is 2.27. The Hall–Kier alpha value is -1.39. The Morgan fingerprint density at radius 1 is 1.39 bits per heavy atom. The standard InChI is InChI=1S/C19H29NO3/c1-4-5-6-8-16-11-14(2)17(20-18(21)15(16)3)9-7-10-19(22)12-23-13-19/h4-5,7,9,14,17,22H,6,8,10-13H2,1-3H3,(H,20,21)/b5-4-,9-7-. The van der Waals surface area contributed by atoms with E-state index in [1.807, 2.05) is 26.0 Å². The van der Waals surface area contributed by atoms with Crippen molar-refractivity contribution in [2.75, 3.05) is 13.2 Å². The topological polar surface area (TPSA) is 58.6 Å². The molecule has 0 saturated carbocycles. The number of rotatable bonds is 6. The van der Waals surface area contributed by atoms with Crippen molar-refractivity contribution in [3.8, 4) is 0 Å². The summed E-state index contributed by atoms with van der Waals surface area (Å²) < 4.78 is 5.05. The van der Waals surface area contributed by atoms with E-state index >= 15 is 0 Å². The van der Waals surface area contributed by atoms with E-state index in [1.54, 1.807) is 0 Å². The monoisotopic (exact) mass is 319 g/mol. The van der Waals surface area contributed by atoms with Gasteiger partial charge in [0.25, 0.3) is 0 Å². The molecule has 2 N–H and O–H groups in total. The van der Waals surface area contributed by atoms with Gasteiger partial charge in [0, 0.05) is 5.57 Å². The van der Waals surface area contributed by atoms with Crippen molar-refractivity contribution in [1.29, 1.82) is 0 Å². The number of carbonyl (C=O) groups is 1. The number of nitrogens with one attached hydrogen (secondary N) is 1. The summed E-state index contributed by atoms with van der Waals surface area (Å²) in [6.45, 7) is 6.92. The zero-order chi connectivity index (χ0) is 16.9. The SMILES string of the molecule is C/C=C\CCC1=C(C)C(=O)NC(/C=C\CC2(O)COC2)C(C)C1. The molecule has 0 radical (unpaired) electrons. The lowest BCUT2D eigenvalue weighted by Crippen LogP contribution is -2.49. The molecule has 0 aliphatic carbocycles. The molecule has 0 aromatic heterocycles. The summed E-state index contributed by atoms with van der Waals surface area (Å²) >= 11 is 0. The average Bonchev–Trinajstić information content (AvgIpc) is 2.58. The first-order valence-electron chi connectivity index (χ1n) is 8.52. The molecule has 0 aromatic rings. The van der Waals surface area contributed by atoms with Gasteiger partial charge >= 0.3 is 0 Å². The Morgan fingerprint density at radius 2 is 2.13 bits per heavy atom. The van der Waals surface area contributed by atoms with Crippen LogP contribution in [-0.2, 0) is 9.53 Å². The molecule has 0 aromatic carbocycles. The number of hydrogen-bond donors (Lipinski definition) is 2. The zero-order valence-corrected chi connectivity index (χ0v) is 14.5. The Labute approximate surface area is 139 Å². The predicted molar refractivity (Wildman–Crippen MR) is 92.0 cm³/mol. The maximum atomic E-state index is 12.4. The van der Waals surface area contributed by atoms with Gasteiger partial charge in [0.15, 0.2) is 0 Å². The van der Waals surface area contributed by atoms with Gasteiger partial charge in [-0.15, -0.1) is 0 Å². The zero-order valence-electron chi connectivity index (χ0n) is 14.5.